The van der Waals surface area contributed by atoms with E-state index < -0.39 is 23.6 Å². The Kier molecular flexibility index (Phi) is 8.22. The number of benzene rings is 2. The molecule has 0 saturated carbocycles. The summed E-state index contributed by atoms with van der Waals surface area (Å²) in [6.45, 7) is 4.27. The van der Waals surface area contributed by atoms with Crippen LogP contribution in [0.3, 0.4) is 0 Å². The molecule has 32 heavy (non-hydrogen) atoms. The molecule has 0 spiro atoms. The molecule has 0 atom stereocenters. The second-order valence-corrected chi connectivity index (χ2v) is 8.77. The zero-order valence-corrected chi connectivity index (χ0v) is 20.5. The van der Waals surface area contributed by atoms with Crippen molar-refractivity contribution in [2.24, 2.45) is 0 Å². The van der Waals surface area contributed by atoms with Crippen molar-refractivity contribution in [1.29, 1.82) is 0 Å². The summed E-state index contributed by atoms with van der Waals surface area (Å²) in [6, 6.07) is 10.2. The van der Waals surface area contributed by atoms with Crippen LogP contribution in [0, 0.1) is 0 Å². The molecule has 7 nitrogen and oxygen atoms in total. The Hall–Kier alpha value is -2.49. The Labute approximate surface area is 203 Å². The first-order valence-electron chi connectivity index (χ1n) is 9.72. The summed E-state index contributed by atoms with van der Waals surface area (Å²) < 4.78 is 11.8. The molecule has 10 heteroatoms. The molecule has 0 bridgehead atoms. The summed E-state index contributed by atoms with van der Waals surface area (Å²) >= 11 is 10.1. The standard InChI is InChI=1S/C22H20BrClN2O5S/c1-3-30-15-7-5-13(18(11-15)31-4-2)9-19-21(28)26(22(29)32-19)12-20(27)25-14-6-8-16(23)17(24)10-14/h5-11H,3-4,12H2,1-2H3,(H,25,27)/b19-9+. The van der Waals surface area contributed by atoms with Gasteiger partial charge in [0.2, 0.25) is 5.91 Å². The highest BCUT2D eigenvalue weighted by Gasteiger charge is 2.36. The molecule has 0 aromatic heterocycles. The van der Waals surface area contributed by atoms with Crippen LogP contribution in [0.1, 0.15) is 19.4 Å². The zero-order chi connectivity index (χ0) is 23.3. The van der Waals surface area contributed by atoms with Gasteiger partial charge in [0.25, 0.3) is 11.1 Å². The topological polar surface area (TPSA) is 84.9 Å². The van der Waals surface area contributed by atoms with E-state index in [2.05, 4.69) is 21.2 Å². The number of carbonyl (C=O) groups excluding carboxylic acids is 3. The van der Waals surface area contributed by atoms with Crippen LogP contribution in [0.15, 0.2) is 45.8 Å². The van der Waals surface area contributed by atoms with Crippen LogP contribution in [0.25, 0.3) is 6.08 Å². The van der Waals surface area contributed by atoms with Gasteiger partial charge in [-0.2, -0.15) is 0 Å². The van der Waals surface area contributed by atoms with Gasteiger partial charge in [-0.3, -0.25) is 19.3 Å². The number of nitrogens with zero attached hydrogens (tertiary/aromatic N) is 1. The van der Waals surface area contributed by atoms with Crippen LogP contribution < -0.4 is 14.8 Å². The highest BCUT2D eigenvalue weighted by Crippen LogP contribution is 2.35. The van der Waals surface area contributed by atoms with Crippen LogP contribution in [0.4, 0.5) is 10.5 Å². The fourth-order valence-electron chi connectivity index (χ4n) is 2.87. The summed E-state index contributed by atoms with van der Waals surface area (Å²) in [4.78, 5) is 38.7. The lowest BCUT2D eigenvalue weighted by molar-refractivity contribution is -0.127. The van der Waals surface area contributed by atoms with Gasteiger partial charge in [-0.25, -0.2) is 0 Å². The van der Waals surface area contributed by atoms with E-state index in [4.69, 9.17) is 21.1 Å². The molecular weight excluding hydrogens is 520 g/mol. The van der Waals surface area contributed by atoms with E-state index >= 15 is 0 Å². The fourth-order valence-corrected chi connectivity index (χ4v) is 4.12. The lowest BCUT2D eigenvalue weighted by Gasteiger charge is -2.13. The maximum Gasteiger partial charge on any atom is 0.294 e. The lowest BCUT2D eigenvalue weighted by Crippen LogP contribution is -2.36. The quantitative estimate of drug-likeness (QED) is 0.441. The van der Waals surface area contributed by atoms with Gasteiger partial charge in [-0.1, -0.05) is 11.6 Å². The number of rotatable bonds is 8. The van der Waals surface area contributed by atoms with E-state index in [0.717, 1.165) is 16.7 Å². The van der Waals surface area contributed by atoms with Gasteiger partial charge in [-0.05, 0) is 77.9 Å². The number of ether oxygens (including phenoxy) is 2. The van der Waals surface area contributed by atoms with Crippen LogP contribution in [-0.4, -0.2) is 41.7 Å². The average molecular weight is 540 g/mol. The van der Waals surface area contributed by atoms with E-state index in [9.17, 15) is 14.4 Å². The molecule has 1 heterocycles. The van der Waals surface area contributed by atoms with Gasteiger partial charge in [0, 0.05) is 21.8 Å². The van der Waals surface area contributed by atoms with Gasteiger partial charge < -0.3 is 14.8 Å². The first-order valence-corrected chi connectivity index (χ1v) is 11.7. The van der Waals surface area contributed by atoms with Crippen LogP contribution in [-0.2, 0) is 9.59 Å². The Morgan fingerprint density at radius 3 is 2.59 bits per heavy atom. The molecule has 2 aromatic carbocycles. The summed E-state index contributed by atoms with van der Waals surface area (Å²) in [7, 11) is 0. The molecule has 1 aliphatic heterocycles. The predicted molar refractivity (Wildman–Crippen MR) is 129 cm³/mol. The SMILES string of the molecule is CCOc1ccc(/C=C2/SC(=O)N(CC(=O)Nc3ccc(Br)c(Cl)c3)C2=O)c(OCC)c1. The summed E-state index contributed by atoms with van der Waals surface area (Å²) in [5.41, 5.74) is 1.09. The fraction of sp³-hybridized carbons (Fsp3) is 0.227. The Bertz CT molecular complexity index is 1090. The molecule has 0 unspecified atom stereocenters. The molecule has 2 aromatic rings. The van der Waals surface area contributed by atoms with Gasteiger partial charge in [0.05, 0.1) is 23.1 Å². The van der Waals surface area contributed by atoms with Crippen LogP contribution >= 0.6 is 39.3 Å². The van der Waals surface area contributed by atoms with E-state index in [0.29, 0.717) is 45.5 Å². The normalized spacial score (nSPS) is 14.8. The van der Waals surface area contributed by atoms with Gasteiger partial charge in [0.1, 0.15) is 18.0 Å². The van der Waals surface area contributed by atoms with E-state index in [1.807, 2.05) is 13.8 Å². The Balaban J connectivity index is 1.74. The second kappa shape index (κ2) is 10.9. The second-order valence-electron chi connectivity index (χ2n) is 6.51. The van der Waals surface area contributed by atoms with Crippen molar-refractivity contribution in [3.8, 4) is 11.5 Å². The zero-order valence-electron chi connectivity index (χ0n) is 17.3. The van der Waals surface area contributed by atoms with E-state index in [1.165, 1.54) is 0 Å². The first-order chi connectivity index (χ1) is 15.3. The van der Waals surface area contributed by atoms with Gasteiger partial charge >= 0.3 is 0 Å². The maximum atomic E-state index is 12.8. The van der Waals surface area contributed by atoms with Crippen molar-refractivity contribution >= 4 is 68.1 Å². The molecule has 3 rings (SSSR count). The summed E-state index contributed by atoms with van der Waals surface area (Å²) in [5, 5.41) is 2.54. The predicted octanol–water partition coefficient (Wildman–Crippen LogP) is 5.57. The monoisotopic (exact) mass is 538 g/mol. The number of imide groups is 1. The lowest BCUT2D eigenvalue weighted by atomic mass is 10.1. The molecule has 1 fully saturated rings. The summed E-state index contributed by atoms with van der Waals surface area (Å²) in [6.07, 6.45) is 1.58. The maximum absolute atomic E-state index is 12.8. The number of anilines is 1. The summed E-state index contributed by atoms with van der Waals surface area (Å²) in [5.74, 6) is 0.129. The Morgan fingerprint density at radius 2 is 1.91 bits per heavy atom. The van der Waals surface area contributed by atoms with Crippen molar-refractivity contribution in [1.82, 2.24) is 4.90 Å². The van der Waals surface area contributed by atoms with Crippen molar-refractivity contribution in [3.05, 3.63) is 56.4 Å². The van der Waals surface area contributed by atoms with E-state index in [-0.39, 0.29) is 4.91 Å². The van der Waals surface area contributed by atoms with Crippen LogP contribution in [0.2, 0.25) is 5.02 Å². The van der Waals surface area contributed by atoms with Gasteiger partial charge in [-0.15, -0.1) is 0 Å². The minimum absolute atomic E-state index is 0.208. The number of hydrogen-bond acceptors (Lipinski definition) is 6. The molecule has 0 aliphatic carbocycles. The smallest absolute Gasteiger partial charge is 0.294 e. The molecule has 1 saturated heterocycles. The molecule has 0 radical (unpaired) electrons. The molecule has 1 N–H and O–H groups in total. The Morgan fingerprint density at radius 1 is 1.16 bits per heavy atom. The molecule has 3 amide bonds. The van der Waals surface area contributed by atoms with Crippen molar-refractivity contribution < 1.29 is 23.9 Å². The van der Waals surface area contributed by atoms with Crippen molar-refractivity contribution in [2.75, 3.05) is 25.1 Å². The van der Waals surface area contributed by atoms with E-state index in [1.54, 1.807) is 42.5 Å². The molecular formula is C22H20BrClN2O5S. The largest absolute Gasteiger partial charge is 0.494 e. The minimum atomic E-state index is -0.541. The van der Waals surface area contributed by atoms with Crippen molar-refractivity contribution in [2.45, 2.75) is 13.8 Å². The van der Waals surface area contributed by atoms with Gasteiger partial charge in [0.15, 0.2) is 0 Å². The molecule has 1 aliphatic rings. The van der Waals surface area contributed by atoms with Crippen molar-refractivity contribution in [3.63, 3.8) is 0 Å². The number of amides is 3. The number of carbonyl (C=O) groups is 3. The number of nitrogens with one attached hydrogen (secondary N) is 1. The average Bonchev–Trinajstić information content (AvgIpc) is 3.00. The van der Waals surface area contributed by atoms with Crippen LogP contribution in [0.5, 0.6) is 11.5 Å². The molecule has 168 valence electrons. The first kappa shape index (κ1) is 24.2. The third-order valence-corrected chi connectivity index (χ3v) is 6.40. The highest BCUT2D eigenvalue weighted by molar-refractivity contribution is 9.10. The minimum Gasteiger partial charge on any atom is -0.494 e. The third kappa shape index (κ3) is 5.85. The number of halogens is 2. The number of hydrogen-bond donors (Lipinski definition) is 1. The highest BCUT2D eigenvalue weighted by atomic mass is 79.9. The third-order valence-electron chi connectivity index (χ3n) is 4.26. The number of thioether (sulfide) groups is 1.